The van der Waals surface area contributed by atoms with E-state index in [9.17, 15) is 0 Å². The van der Waals surface area contributed by atoms with Gasteiger partial charge in [-0.05, 0) is 24.6 Å². The van der Waals surface area contributed by atoms with E-state index in [4.69, 9.17) is 22.1 Å². The van der Waals surface area contributed by atoms with Crippen molar-refractivity contribution in [2.45, 2.75) is 20.1 Å². The molecule has 6 heteroatoms. The molecule has 1 aromatic heterocycles. The number of ether oxygens (including phenoxy) is 1. The number of nitrogens with one attached hydrogen (secondary N) is 1. The molecule has 20 heavy (non-hydrogen) atoms. The van der Waals surface area contributed by atoms with Crippen LogP contribution in [0, 0.1) is 0 Å². The van der Waals surface area contributed by atoms with Crippen LogP contribution in [0.4, 0.5) is 11.6 Å². The van der Waals surface area contributed by atoms with Crippen molar-refractivity contribution >= 4 is 23.2 Å². The highest BCUT2D eigenvalue weighted by Gasteiger charge is 2.03. The average Bonchev–Trinajstić information content (AvgIpc) is 2.44. The predicted molar refractivity (Wildman–Crippen MR) is 80.6 cm³/mol. The van der Waals surface area contributed by atoms with Crippen LogP contribution >= 0.6 is 11.6 Å². The molecular formula is C14H17ClN4O. The highest BCUT2D eigenvalue weighted by Crippen LogP contribution is 2.13. The number of hydrogen-bond acceptors (Lipinski definition) is 5. The van der Waals surface area contributed by atoms with E-state index in [1.54, 1.807) is 6.07 Å². The molecule has 5 nitrogen and oxygen atoms in total. The minimum absolute atomic E-state index is 0.358. The van der Waals surface area contributed by atoms with Gasteiger partial charge in [-0.2, -0.15) is 0 Å². The Balaban J connectivity index is 2.01. The summed E-state index contributed by atoms with van der Waals surface area (Å²) in [5, 5.41) is 3.93. The van der Waals surface area contributed by atoms with Gasteiger partial charge in [-0.15, -0.1) is 0 Å². The summed E-state index contributed by atoms with van der Waals surface area (Å²) in [4.78, 5) is 8.47. The first-order valence-corrected chi connectivity index (χ1v) is 6.74. The number of rotatable bonds is 6. The summed E-state index contributed by atoms with van der Waals surface area (Å²) in [6.45, 7) is 3.54. The van der Waals surface area contributed by atoms with E-state index in [2.05, 4.69) is 15.3 Å². The number of hydrogen-bond donors (Lipinski definition) is 2. The summed E-state index contributed by atoms with van der Waals surface area (Å²) in [5.41, 5.74) is 6.87. The minimum atomic E-state index is 0.358. The first kappa shape index (κ1) is 14.6. The van der Waals surface area contributed by atoms with Crippen LogP contribution < -0.4 is 11.1 Å². The van der Waals surface area contributed by atoms with E-state index >= 15 is 0 Å². The van der Waals surface area contributed by atoms with Crippen molar-refractivity contribution in [1.82, 2.24) is 9.97 Å². The van der Waals surface area contributed by atoms with Crippen molar-refractivity contribution in [3.63, 3.8) is 0 Å². The van der Waals surface area contributed by atoms with E-state index in [1.807, 2.05) is 31.2 Å². The quantitative estimate of drug-likeness (QED) is 0.856. The Morgan fingerprint density at radius 2 is 2.00 bits per heavy atom. The molecule has 0 saturated carbocycles. The van der Waals surface area contributed by atoms with Crippen molar-refractivity contribution in [3.05, 3.63) is 46.7 Å². The van der Waals surface area contributed by atoms with Gasteiger partial charge in [0, 0.05) is 24.2 Å². The molecule has 0 amide bonds. The van der Waals surface area contributed by atoms with E-state index in [0.29, 0.717) is 37.2 Å². The second kappa shape index (κ2) is 7.07. The summed E-state index contributed by atoms with van der Waals surface area (Å²) in [5.74, 6) is 1.68. The third-order valence-corrected chi connectivity index (χ3v) is 2.87. The van der Waals surface area contributed by atoms with Crippen LogP contribution in [0.15, 0.2) is 30.3 Å². The SMILES string of the molecule is CCOCc1nc(N)cc(NCc2ccc(Cl)cc2)n1. The zero-order valence-electron chi connectivity index (χ0n) is 11.3. The number of aromatic nitrogens is 2. The fourth-order valence-corrected chi connectivity index (χ4v) is 1.79. The zero-order valence-corrected chi connectivity index (χ0v) is 12.0. The summed E-state index contributed by atoms with van der Waals surface area (Å²) in [7, 11) is 0. The zero-order chi connectivity index (χ0) is 14.4. The lowest BCUT2D eigenvalue weighted by molar-refractivity contribution is 0.128. The second-order valence-electron chi connectivity index (χ2n) is 4.21. The van der Waals surface area contributed by atoms with Crippen molar-refractivity contribution in [3.8, 4) is 0 Å². The van der Waals surface area contributed by atoms with Gasteiger partial charge in [0.1, 0.15) is 18.2 Å². The first-order valence-electron chi connectivity index (χ1n) is 6.37. The summed E-state index contributed by atoms with van der Waals surface area (Å²) < 4.78 is 5.28. The molecule has 3 N–H and O–H groups in total. The van der Waals surface area contributed by atoms with E-state index in [0.717, 1.165) is 10.6 Å². The normalized spacial score (nSPS) is 10.5. The highest BCUT2D eigenvalue weighted by molar-refractivity contribution is 6.30. The number of anilines is 2. The van der Waals surface area contributed by atoms with Gasteiger partial charge in [0.15, 0.2) is 5.82 Å². The van der Waals surface area contributed by atoms with Gasteiger partial charge in [-0.3, -0.25) is 0 Å². The number of nitrogens with zero attached hydrogens (tertiary/aromatic N) is 2. The number of nitrogens with two attached hydrogens (primary N) is 1. The van der Waals surface area contributed by atoms with E-state index < -0.39 is 0 Å². The molecule has 0 unspecified atom stereocenters. The second-order valence-corrected chi connectivity index (χ2v) is 4.65. The average molecular weight is 293 g/mol. The minimum Gasteiger partial charge on any atom is -0.384 e. The molecule has 0 radical (unpaired) electrons. The monoisotopic (exact) mass is 292 g/mol. The molecule has 0 spiro atoms. The molecule has 0 saturated heterocycles. The highest BCUT2D eigenvalue weighted by atomic mass is 35.5. The molecule has 2 aromatic rings. The van der Waals surface area contributed by atoms with Crippen LogP contribution in [0.2, 0.25) is 5.02 Å². The fraction of sp³-hybridized carbons (Fsp3) is 0.286. The molecule has 1 aromatic carbocycles. The van der Waals surface area contributed by atoms with Crippen molar-refractivity contribution < 1.29 is 4.74 Å². The van der Waals surface area contributed by atoms with Gasteiger partial charge >= 0.3 is 0 Å². The van der Waals surface area contributed by atoms with Crippen LogP contribution in [-0.4, -0.2) is 16.6 Å². The van der Waals surface area contributed by atoms with Gasteiger partial charge in [-0.1, -0.05) is 23.7 Å². The van der Waals surface area contributed by atoms with Crippen LogP contribution in [0.3, 0.4) is 0 Å². The van der Waals surface area contributed by atoms with Gasteiger partial charge in [0.2, 0.25) is 0 Å². The molecule has 0 aliphatic carbocycles. The largest absolute Gasteiger partial charge is 0.384 e. The third kappa shape index (κ3) is 4.36. The maximum absolute atomic E-state index is 5.85. The van der Waals surface area contributed by atoms with Crippen molar-refractivity contribution in [1.29, 1.82) is 0 Å². The number of benzene rings is 1. The molecule has 106 valence electrons. The van der Waals surface area contributed by atoms with Gasteiger partial charge in [-0.25, -0.2) is 9.97 Å². The summed E-state index contributed by atoms with van der Waals surface area (Å²) >= 11 is 5.85. The Labute approximate surface area is 123 Å². The van der Waals surface area contributed by atoms with E-state index in [-0.39, 0.29) is 0 Å². The lowest BCUT2D eigenvalue weighted by Crippen LogP contribution is -2.07. The smallest absolute Gasteiger partial charge is 0.158 e. The topological polar surface area (TPSA) is 73.1 Å². The first-order chi connectivity index (χ1) is 9.67. The predicted octanol–water partition coefficient (Wildman–Crippen LogP) is 2.86. The van der Waals surface area contributed by atoms with Gasteiger partial charge in [0.05, 0.1) is 0 Å². The lowest BCUT2D eigenvalue weighted by atomic mass is 10.2. The van der Waals surface area contributed by atoms with Gasteiger partial charge in [0.25, 0.3) is 0 Å². The Kier molecular flexibility index (Phi) is 5.15. The third-order valence-electron chi connectivity index (χ3n) is 2.61. The molecule has 0 aliphatic rings. The van der Waals surface area contributed by atoms with Crippen LogP contribution in [0.25, 0.3) is 0 Å². The number of halogens is 1. The Morgan fingerprint density at radius 1 is 1.25 bits per heavy atom. The van der Waals surface area contributed by atoms with Crippen LogP contribution in [0.5, 0.6) is 0 Å². The summed E-state index contributed by atoms with van der Waals surface area (Å²) in [6.07, 6.45) is 0. The number of nitrogen functional groups attached to an aromatic ring is 1. The summed E-state index contributed by atoms with van der Waals surface area (Å²) in [6, 6.07) is 9.33. The van der Waals surface area contributed by atoms with Crippen molar-refractivity contribution in [2.24, 2.45) is 0 Å². The molecule has 0 aliphatic heterocycles. The molecule has 2 rings (SSSR count). The molecule has 0 atom stereocenters. The van der Waals surface area contributed by atoms with Crippen LogP contribution in [-0.2, 0) is 17.9 Å². The van der Waals surface area contributed by atoms with Crippen molar-refractivity contribution in [2.75, 3.05) is 17.7 Å². The molecule has 0 fully saturated rings. The maximum Gasteiger partial charge on any atom is 0.158 e. The fourth-order valence-electron chi connectivity index (χ4n) is 1.66. The lowest BCUT2D eigenvalue weighted by Gasteiger charge is -2.08. The van der Waals surface area contributed by atoms with Gasteiger partial charge < -0.3 is 15.8 Å². The Bertz CT molecular complexity index is 560. The molecule has 0 bridgehead atoms. The Hall–Kier alpha value is -1.85. The standard InChI is InChI=1S/C14H17ClN4O/c1-2-20-9-14-18-12(16)7-13(19-14)17-8-10-3-5-11(15)6-4-10/h3-7H,2,8-9H2,1H3,(H3,16,17,18,19). The Morgan fingerprint density at radius 3 is 2.70 bits per heavy atom. The van der Waals surface area contributed by atoms with Crippen LogP contribution in [0.1, 0.15) is 18.3 Å². The molecule has 1 heterocycles. The maximum atomic E-state index is 5.85. The van der Waals surface area contributed by atoms with E-state index in [1.165, 1.54) is 0 Å². The molecular weight excluding hydrogens is 276 g/mol.